The van der Waals surface area contributed by atoms with Gasteiger partial charge in [0.1, 0.15) is 17.3 Å². The summed E-state index contributed by atoms with van der Waals surface area (Å²) in [6.45, 7) is 6.02. The second-order valence-electron chi connectivity index (χ2n) is 7.46. The SMILES string of the molecule is CC(C)(C)OC(=O)C1CCC2(CC1)OCC(O)c1cc(Br)sc12. The molecular weight excluding hydrogens is 380 g/mol. The molecule has 2 heterocycles. The van der Waals surface area contributed by atoms with E-state index in [9.17, 15) is 9.90 Å². The summed E-state index contributed by atoms with van der Waals surface area (Å²) in [6, 6.07) is 1.99. The average Bonchev–Trinajstić information content (AvgIpc) is 2.86. The van der Waals surface area contributed by atoms with E-state index < -0.39 is 11.7 Å². The molecule has 6 heteroatoms. The molecule has 3 rings (SSSR count). The summed E-state index contributed by atoms with van der Waals surface area (Å²) in [5, 5.41) is 10.1. The summed E-state index contributed by atoms with van der Waals surface area (Å²) in [5.74, 6) is -0.155. The summed E-state index contributed by atoms with van der Waals surface area (Å²) >= 11 is 5.15. The molecule has 1 N–H and O–H groups in total. The maximum absolute atomic E-state index is 12.3. The second kappa shape index (κ2) is 6.14. The van der Waals surface area contributed by atoms with E-state index in [0.29, 0.717) is 6.61 Å². The number of fused-ring (bicyclic) bond motifs is 2. The molecule has 0 aromatic carbocycles. The molecule has 1 unspecified atom stereocenters. The van der Waals surface area contributed by atoms with Crippen LogP contribution in [-0.4, -0.2) is 23.3 Å². The molecule has 0 radical (unpaired) electrons. The van der Waals surface area contributed by atoms with Crippen LogP contribution in [0.2, 0.25) is 0 Å². The van der Waals surface area contributed by atoms with Crippen molar-refractivity contribution in [3.05, 3.63) is 20.3 Å². The van der Waals surface area contributed by atoms with Crippen LogP contribution in [-0.2, 0) is 19.9 Å². The van der Waals surface area contributed by atoms with E-state index in [4.69, 9.17) is 9.47 Å². The number of hydrogen-bond acceptors (Lipinski definition) is 5. The number of halogens is 1. The Morgan fingerprint density at radius 1 is 1.43 bits per heavy atom. The lowest BCUT2D eigenvalue weighted by atomic mass is 9.75. The molecule has 0 amide bonds. The van der Waals surface area contributed by atoms with E-state index >= 15 is 0 Å². The minimum Gasteiger partial charge on any atom is -0.460 e. The molecule has 2 aliphatic rings. The van der Waals surface area contributed by atoms with E-state index in [1.807, 2.05) is 26.8 Å². The summed E-state index contributed by atoms with van der Waals surface area (Å²) in [6.07, 6.45) is 2.56. The first kappa shape index (κ1) is 17.4. The quantitative estimate of drug-likeness (QED) is 0.711. The van der Waals surface area contributed by atoms with Crippen LogP contribution in [0.4, 0.5) is 0 Å². The van der Waals surface area contributed by atoms with E-state index in [-0.39, 0.29) is 17.5 Å². The molecule has 1 saturated carbocycles. The summed E-state index contributed by atoms with van der Waals surface area (Å²) in [4.78, 5) is 13.4. The molecule has 1 aliphatic heterocycles. The lowest BCUT2D eigenvalue weighted by Crippen LogP contribution is -2.41. The number of carbonyl (C=O) groups excluding carboxylic acids is 1. The molecule has 1 spiro atoms. The Balaban J connectivity index is 1.74. The maximum atomic E-state index is 12.3. The van der Waals surface area contributed by atoms with Crippen molar-refractivity contribution in [2.75, 3.05) is 6.61 Å². The molecule has 1 fully saturated rings. The van der Waals surface area contributed by atoms with Crippen molar-refractivity contribution in [1.82, 2.24) is 0 Å². The number of aliphatic hydroxyl groups excluding tert-OH is 1. The fourth-order valence-corrected chi connectivity index (χ4v) is 5.32. The first-order chi connectivity index (χ1) is 10.7. The number of rotatable bonds is 1. The van der Waals surface area contributed by atoms with Gasteiger partial charge in [-0.25, -0.2) is 0 Å². The third kappa shape index (κ3) is 3.50. The molecule has 1 aliphatic carbocycles. The zero-order chi connectivity index (χ0) is 16.8. The monoisotopic (exact) mass is 402 g/mol. The lowest BCUT2D eigenvalue weighted by Gasteiger charge is -2.43. The second-order valence-corrected chi connectivity index (χ2v) is 9.90. The molecule has 128 valence electrons. The Bertz CT molecular complexity index is 596. The van der Waals surface area contributed by atoms with Crippen LogP contribution in [0.25, 0.3) is 0 Å². The molecule has 1 atom stereocenters. The Morgan fingerprint density at radius 2 is 2.09 bits per heavy atom. The highest BCUT2D eigenvalue weighted by atomic mass is 79.9. The molecule has 1 aromatic rings. The van der Waals surface area contributed by atoms with E-state index in [0.717, 1.165) is 39.9 Å². The number of esters is 1. The van der Waals surface area contributed by atoms with Gasteiger partial charge in [0, 0.05) is 10.4 Å². The summed E-state index contributed by atoms with van der Waals surface area (Å²) in [7, 11) is 0. The lowest BCUT2D eigenvalue weighted by molar-refractivity contribution is -0.167. The van der Waals surface area contributed by atoms with Crippen molar-refractivity contribution in [2.45, 2.75) is 63.8 Å². The number of hydrogen-bond donors (Lipinski definition) is 1. The number of aliphatic hydroxyl groups is 1. The molecule has 0 saturated heterocycles. The largest absolute Gasteiger partial charge is 0.460 e. The van der Waals surface area contributed by atoms with Gasteiger partial charge in [-0.1, -0.05) is 0 Å². The third-order valence-corrected chi connectivity index (χ3v) is 6.39. The highest BCUT2D eigenvalue weighted by molar-refractivity contribution is 9.11. The minimum atomic E-state index is -0.554. The van der Waals surface area contributed by atoms with Gasteiger partial charge in [0.05, 0.1) is 16.3 Å². The van der Waals surface area contributed by atoms with Crippen LogP contribution in [0.5, 0.6) is 0 Å². The van der Waals surface area contributed by atoms with Crippen molar-refractivity contribution in [2.24, 2.45) is 5.92 Å². The van der Waals surface area contributed by atoms with E-state index in [2.05, 4.69) is 15.9 Å². The van der Waals surface area contributed by atoms with Gasteiger partial charge in [-0.2, -0.15) is 0 Å². The van der Waals surface area contributed by atoms with Gasteiger partial charge in [-0.15, -0.1) is 11.3 Å². The zero-order valence-corrected chi connectivity index (χ0v) is 16.1. The standard InChI is InChI=1S/C17H23BrO4S/c1-16(2,3)22-15(20)10-4-6-17(7-5-10)14-11(8-13(18)23-14)12(19)9-21-17/h8,10,12,19H,4-7,9H2,1-3H3. The molecule has 0 bridgehead atoms. The maximum Gasteiger partial charge on any atom is 0.309 e. The molecular formula is C17H23BrO4S. The first-order valence-corrected chi connectivity index (χ1v) is 9.66. The zero-order valence-electron chi connectivity index (χ0n) is 13.7. The van der Waals surface area contributed by atoms with Gasteiger partial charge in [-0.3, -0.25) is 4.79 Å². The van der Waals surface area contributed by atoms with Crippen LogP contribution < -0.4 is 0 Å². The normalized spacial score (nSPS) is 31.0. The van der Waals surface area contributed by atoms with Crippen LogP contribution in [0.3, 0.4) is 0 Å². The van der Waals surface area contributed by atoms with Crippen LogP contribution in [0.1, 0.15) is 63.0 Å². The summed E-state index contributed by atoms with van der Waals surface area (Å²) in [5.41, 5.74) is 0.191. The van der Waals surface area contributed by atoms with Crippen molar-refractivity contribution in [3.63, 3.8) is 0 Å². The van der Waals surface area contributed by atoms with Crippen LogP contribution in [0.15, 0.2) is 9.85 Å². The van der Waals surface area contributed by atoms with Crippen LogP contribution in [0, 0.1) is 5.92 Å². The topological polar surface area (TPSA) is 55.8 Å². The van der Waals surface area contributed by atoms with Gasteiger partial charge in [0.25, 0.3) is 0 Å². The number of ether oxygens (including phenoxy) is 2. The van der Waals surface area contributed by atoms with Gasteiger partial charge in [0.15, 0.2) is 0 Å². The fourth-order valence-electron chi connectivity index (χ4n) is 3.45. The molecule has 23 heavy (non-hydrogen) atoms. The smallest absolute Gasteiger partial charge is 0.309 e. The highest BCUT2D eigenvalue weighted by Crippen LogP contribution is 2.51. The predicted molar refractivity (Wildman–Crippen MR) is 92.4 cm³/mol. The van der Waals surface area contributed by atoms with E-state index in [1.165, 1.54) is 0 Å². The average molecular weight is 403 g/mol. The first-order valence-electron chi connectivity index (χ1n) is 8.05. The van der Waals surface area contributed by atoms with Crippen LogP contribution >= 0.6 is 27.3 Å². The number of thiophene rings is 1. The summed E-state index contributed by atoms with van der Waals surface area (Å²) < 4.78 is 12.6. The third-order valence-electron chi connectivity index (χ3n) is 4.55. The predicted octanol–water partition coefficient (Wildman–Crippen LogP) is 4.30. The molecule has 1 aromatic heterocycles. The van der Waals surface area contributed by atoms with Gasteiger partial charge in [-0.05, 0) is 68.5 Å². The van der Waals surface area contributed by atoms with Crippen molar-refractivity contribution in [3.8, 4) is 0 Å². The molecule has 4 nitrogen and oxygen atoms in total. The van der Waals surface area contributed by atoms with Gasteiger partial charge < -0.3 is 14.6 Å². The van der Waals surface area contributed by atoms with Gasteiger partial charge in [0.2, 0.25) is 0 Å². The Kier molecular flexibility index (Phi) is 4.64. The van der Waals surface area contributed by atoms with Gasteiger partial charge >= 0.3 is 5.97 Å². The van der Waals surface area contributed by atoms with Crippen molar-refractivity contribution in [1.29, 1.82) is 0 Å². The minimum absolute atomic E-state index is 0.0536. The Hall–Kier alpha value is -0.430. The van der Waals surface area contributed by atoms with Crippen molar-refractivity contribution < 1.29 is 19.4 Å². The van der Waals surface area contributed by atoms with Crippen molar-refractivity contribution >= 4 is 33.2 Å². The Labute approximate surface area is 149 Å². The number of carbonyl (C=O) groups is 1. The Morgan fingerprint density at radius 3 is 2.70 bits per heavy atom. The van der Waals surface area contributed by atoms with E-state index in [1.54, 1.807) is 11.3 Å². The highest BCUT2D eigenvalue weighted by Gasteiger charge is 2.46. The fraction of sp³-hybridized carbons (Fsp3) is 0.706.